The van der Waals surface area contributed by atoms with Crippen LogP contribution in [-0.4, -0.2) is 88.4 Å². The summed E-state index contributed by atoms with van der Waals surface area (Å²) < 4.78 is 17.2. The number of ether oxygens (including phenoxy) is 3. The molecular weight excluding hydrogens is 544 g/mol. The number of aliphatic hydroxyl groups is 1. The number of fused-ring (bicyclic) bond motifs is 2. The Labute approximate surface area is 242 Å². The Bertz CT molecular complexity index is 1470. The largest absolute Gasteiger partial charge is 0.485 e. The van der Waals surface area contributed by atoms with E-state index in [1.54, 1.807) is 55.3 Å². The van der Waals surface area contributed by atoms with Crippen molar-refractivity contribution in [1.29, 1.82) is 0 Å². The molecule has 2 aliphatic heterocycles. The molecule has 0 aliphatic carbocycles. The summed E-state index contributed by atoms with van der Waals surface area (Å²) in [6, 6.07) is 9.14. The molecule has 220 valence electrons. The predicted molar refractivity (Wildman–Crippen MR) is 152 cm³/mol. The van der Waals surface area contributed by atoms with E-state index in [4.69, 9.17) is 14.2 Å². The minimum absolute atomic E-state index is 0.0904. The smallest absolute Gasteiger partial charge is 0.321 e. The fourth-order valence-corrected chi connectivity index (χ4v) is 4.71. The van der Waals surface area contributed by atoms with Crippen LogP contribution < -0.4 is 24.8 Å². The number of aromatic nitrogens is 2. The highest BCUT2D eigenvalue weighted by atomic mass is 16.7. The minimum atomic E-state index is -0.590. The maximum atomic E-state index is 13.7. The van der Waals surface area contributed by atoms with Gasteiger partial charge in [0.15, 0.2) is 17.2 Å². The number of para-hydroxylation sites is 1. The van der Waals surface area contributed by atoms with E-state index >= 15 is 0 Å². The van der Waals surface area contributed by atoms with Gasteiger partial charge in [-0.2, -0.15) is 0 Å². The number of aliphatic hydroxyl groups excluding tert-OH is 1. The third kappa shape index (κ3) is 6.05. The van der Waals surface area contributed by atoms with Crippen molar-refractivity contribution in [2.24, 2.45) is 5.92 Å². The van der Waals surface area contributed by atoms with E-state index in [0.717, 1.165) is 0 Å². The van der Waals surface area contributed by atoms with Crippen LogP contribution in [0.5, 0.6) is 17.2 Å². The first kappa shape index (κ1) is 28.6. The van der Waals surface area contributed by atoms with Gasteiger partial charge in [0.05, 0.1) is 36.6 Å². The Hall–Kier alpha value is -4.91. The number of nitrogens with zero attached hydrogens (tertiary/aromatic N) is 4. The Balaban J connectivity index is 1.41. The van der Waals surface area contributed by atoms with E-state index < -0.39 is 18.1 Å². The molecule has 13 heteroatoms. The van der Waals surface area contributed by atoms with Crippen LogP contribution in [0.4, 0.5) is 16.2 Å². The van der Waals surface area contributed by atoms with Crippen molar-refractivity contribution in [3.05, 3.63) is 66.2 Å². The summed E-state index contributed by atoms with van der Waals surface area (Å²) in [5, 5.41) is 15.5. The fraction of sp³-hybridized carbons (Fsp3) is 0.345. The number of rotatable bonds is 7. The molecule has 3 atom stereocenters. The Morgan fingerprint density at radius 2 is 1.98 bits per heavy atom. The Kier molecular flexibility index (Phi) is 8.38. The van der Waals surface area contributed by atoms with Crippen LogP contribution in [-0.2, 0) is 0 Å². The van der Waals surface area contributed by atoms with E-state index in [-0.39, 0.29) is 67.0 Å². The summed E-state index contributed by atoms with van der Waals surface area (Å²) in [5.41, 5.74) is 1.11. The van der Waals surface area contributed by atoms with Crippen molar-refractivity contribution in [2.45, 2.75) is 26.0 Å². The quantitative estimate of drug-likeness (QED) is 0.385. The molecule has 3 aromatic rings. The van der Waals surface area contributed by atoms with Gasteiger partial charge >= 0.3 is 6.03 Å². The number of nitrogens with one attached hydrogen (secondary N) is 2. The van der Waals surface area contributed by atoms with Crippen LogP contribution >= 0.6 is 0 Å². The van der Waals surface area contributed by atoms with E-state index in [1.165, 1.54) is 23.5 Å². The van der Waals surface area contributed by atoms with Crippen molar-refractivity contribution < 1.29 is 33.7 Å². The molecule has 3 N–H and O–H groups in total. The molecule has 5 rings (SSSR count). The summed E-state index contributed by atoms with van der Waals surface area (Å²) in [5.74, 6) is 0.177. The van der Waals surface area contributed by atoms with Gasteiger partial charge in [0, 0.05) is 43.7 Å². The average Bonchev–Trinajstić information content (AvgIpc) is 3.47. The number of hydrogen-bond acceptors (Lipinski definition) is 9. The lowest BCUT2D eigenvalue weighted by Gasteiger charge is -2.38. The van der Waals surface area contributed by atoms with Gasteiger partial charge in [-0.1, -0.05) is 13.0 Å². The van der Waals surface area contributed by atoms with Crippen LogP contribution in [0.1, 0.15) is 34.7 Å². The van der Waals surface area contributed by atoms with Gasteiger partial charge in [-0.15, -0.1) is 0 Å². The average molecular weight is 577 g/mol. The SMILES string of the molecule is C[C@@H]1CN([C@@H](C)CO)C(=O)c2cccc(NC(=O)c3cnccn3)c2O[C@@H]1CN(C)C(=O)Nc1ccc2c(c1)OCO2. The molecule has 2 aliphatic rings. The Morgan fingerprint density at radius 3 is 2.74 bits per heavy atom. The first-order valence-corrected chi connectivity index (χ1v) is 13.5. The predicted octanol–water partition coefficient (Wildman–Crippen LogP) is 2.84. The second-order valence-corrected chi connectivity index (χ2v) is 10.2. The van der Waals surface area contributed by atoms with Gasteiger partial charge in [0.1, 0.15) is 11.8 Å². The molecule has 0 fully saturated rings. The highest BCUT2D eigenvalue weighted by Crippen LogP contribution is 2.36. The summed E-state index contributed by atoms with van der Waals surface area (Å²) in [7, 11) is 1.64. The van der Waals surface area contributed by atoms with Gasteiger partial charge < -0.3 is 39.8 Å². The zero-order valence-corrected chi connectivity index (χ0v) is 23.4. The molecule has 0 radical (unpaired) electrons. The van der Waals surface area contributed by atoms with Gasteiger partial charge in [-0.3, -0.25) is 14.6 Å². The fourth-order valence-electron chi connectivity index (χ4n) is 4.71. The van der Waals surface area contributed by atoms with Gasteiger partial charge in [0.25, 0.3) is 11.8 Å². The number of amides is 4. The minimum Gasteiger partial charge on any atom is -0.485 e. The van der Waals surface area contributed by atoms with Gasteiger partial charge in [0.2, 0.25) is 6.79 Å². The van der Waals surface area contributed by atoms with Gasteiger partial charge in [-0.25, -0.2) is 9.78 Å². The molecule has 2 aromatic carbocycles. The molecule has 3 heterocycles. The number of benzene rings is 2. The zero-order chi connectivity index (χ0) is 29.8. The lowest BCUT2D eigenvalue weighted by atomic mass is 9.99. The maximum Gasteiger partial charge on any atom is 0.321 e. The van der Waals surface area contributed by atoms with Gasteiger partial charge in [-0.05, 0) is 31.2 Å². The summed E-state index contributed by atoms with van der Waals surface area (Å²) in [4.78, 5) is 50.8. The molecule has 42 heavy (non-hydrogen) atoms. The van der Waals surface area contributed by atoms with E-state index in [0.29, 0.717) is 17.2 Å². The van der Waals surface area contributed by atoms with Crippen molar-refractivity contribution in [3.8, 4) is 17.2 Å². The maximum absolute atomic E-state index is 13.7. The standard InChI is InChI=1S/C29H32N6O7/c1-17-13-35(18(2)15-36)28(38)20-5-4-6-21(33-27(37)22-12-30-9-10-31-22)26(20)42-25(17)14-34(3)29(39)32-19-7-8-23-24(11-19)41-16-40-23/h4-12,17-18,25,36H,13-16H2,1-3H3,(H,32,39)(H,33,37)/t17-,18+,25-/m1/s1. The molecular formula is C29H32N6O7. The lowest BCUT2D eigenvalue weighted by molar-refractivity contribution is 0.0372. The monoisotopic (exact) mass is 576 g/mol. The van der Waals surface area contributed by atoms with Crippen LogP contribution in [0.2, 0.25) is 0 Å². The second-order valence-electron chi connectivity index (χ2n) is 10.2. The topological polar surface area (TPSA) is 155 Å². The van der Waals surface area contributed by atoms with Crippen LogP contribution in [0, 0.1) is 5.92 Å². The molecule has 0 bridgehead atoms. The number of carbonyl (C=O) groups is 3. The zero-order valence-electron chi connectivity index (χ0n) is 23.4. The number of urea groups is 1. The van der Waals surface area contributed by atoms with Crippen molar-refractivity contribution >= 4 is 29.2 Å². The molecule has 0 unspecified atom stereocenters. The summed E-state index contributed by atoms with van der Waals surface area (Å²) in [6.07, 6.45) is 3.60. The van der Waals surface area contributed by atoms with E-state index in [9.17, 15) is 19.5 Å². The normalized spacial score (nSPS) is 18.2. The third-order valence-corrected chi connectivity index (χ3v) is 7.16. The highest BCUT2D eigenvalue weighted by molar-refractivity contribution is 6.06. The number of carbonyl (C=O) groups excluding carboxylic acids is 3. The molecule has 0 spiro atoms. The molecule has 13 nitrogen and oxygen atoms in total. The number of anilines is 2. The first-order chi connectivity index (χ1) is 20.2. The molecule has 4 amide bonds. The molecule has 0 saturated carbocycles. The van der Waals surface area contributed by atoms with Crippen molar-refractivity contribution in [3.63, 3.8) is 0 Å². The summed E-state index contributed by atoms with van der Waals surface area (Å²) >= 11 is 0. The number of likely N-dealkylation sites (N-methyl/N-ethyl adjacent to an activating group) is 1. The molecule has 0 saturated heterocycles. The van der Waals surface area contributed by atoms with Crippen molar-refractivity contribution in [1.82, 2.24) is 19.8 Å². The lowest BCUT2D eigenvalue weighted by Crippen LogP contribution is -2.50. The number of hydrogen-bond donors (Lipinski definition) is 3. The Morgan fingerprint density at radius 1 is 1.17 bits per heavy atom. The van der Waals surface area contributed by atoms with Crippen LogP contribution in [0.15, 0.2) is 55.0 Å². The van der Waals surface area contributed by atoms with E-state index in [2.05, 4.69) is 20.6 Å². The summed E-state index contributed by atoms with van der Waals surface area (Å²) in [6.45, 7) is 3.98. The van der Waals surface area contributed by atoms with Crippen LogP contribution in [0.25, 0.3) is 0 Å². The molecule has 1 aromatic heterocycles. The highest BCUT2D eigenvalue weighted by Gasteiger charge is 2.35. The van der Waals surface area contributed by atoms with E-state index in [1.807, 2.05) is 6.92 Å². The van der Waals surface area contributed by atoms with Crippen LogP contribution in [0.3, 0.4) is 0 Å². The first-order valence-electron chi connectivity index (χ1n) is 13.5. The second kappa shape index (κ2) is 12.3. The third-order valence-electron chi connectivity index (χ3n) is 7.16. The van der Waals surface area contributed by atoms with Crippen molar-refractivity contribution in [2.75, 3.05) is 44.2 Å².